The Morgan fingerprint density at radius 2 is 1.78 bits per heavy atom. The number of amides is 4. The van der Waals surface area contributed by atoms with Gasteiger partial charge in [0.15, 0.2) is 0 Å². The Morgan fingerprint density at radius 3 is 2.49 bits per heavy atom. The minimum atomic E-state index is -1.03. The zero-order valence-electron chi connectivity index (χ0n) is 23.4. The van der Waals surface area contributed by atoms with Gasteiger partial charge in [0.25, 0.3) is 11.8 Å². The Kier molecular flexibility index (Phi) is 8.79. The normalized spacial score (nSPS) is 14.7. The van der Waals surface area contributed by atoms with E-state index in [-0.39, 0.29) is 38.0 Å². The van der Waals surface area contributed by atoms with Crippen molar-refractivity contribution in [1.29, 1.82) is 0 Å². The van der Waals surface area contributed by atoms with E-state index in [1.54, 1.807) is 38.1 Å². The molecule has 0 spiro atoms. The maximum Gasteiger partial charge on any atom is 0.491 e. The van der Waals surface area contributed by atoms with Crippen LogP contribution in [0.3, 0.4) is 0 Å². The average molecular weight is 565 g/mol. The maximum atomic E-state index is 12.7. The summed E-state index contributed by atoms with van der Waals surface area (Å²) in [7, 11) is -1.03. The molecule has 0 atom stereocenters. The molecule has 216 valence electrons. The molecule has 1 fully saturated rings. The number of urea groups is 1. The van der Waals surface area contributed by atoms with Crippen molar-refractivity contribution in [3.05, 3.63) is 52.6 Å². The van der Waals surface area contributed by atoms with Gasteiger partial charge in [0.2, 0.25) is 0 Å². The lowest BCUT2D eigenvalue weighted by molar-refractivity contribution is -0.198. The lowest BCUT2D eigenvalue weighted by atomic mass is 9.78. The van der Waals surface area contributed by atoms with Crippen molar-refractivity contribution in [2.75, 3.05) is 11.9 Å². The molecule has 13 heteroatoms. The monoisotopic (exact) mass is 565 g/mol. The lowest BCUT2D eigenvalue weighted by Gasteiger charge is -2.29. The first-order valence-corrected chi connectivity index (χ1v) is 13.2. The van der Waals surface area contributed by atoms with Gasteiger partial charge in [-0.3, -0.25) is 14.4 Å². The van der Waals surface area contributed by atoms with E-state index in [0.29, 0.717) is 28.4 Å². The number of imide groups is 1. The number of rotatable bonds is 9. The standard InChI is InChI=1S/C28H32BN3O9/c1-16-11-17(2)26(28(3,4)14-25(36)41-32-22(33)7-8-23(32)34)21(12-16)40-24(35)9-10-30-27(37)31-19-6-5-18-15-39-29(38)20(18)13-19/h5-6,11-13,38H,7-10,14-15H2,1-4H3,(H2,30,31,37). The molecule has 0 bridgehead atoms. The van der Waals surface area contributed by atoms with E-state index in [1.807, 2.05) is 19.9 Å². The Balaban J connectivity index is 1.34. The highest BCUT2D eigenvalue weighted by atomic mass is 16.7. The Morgan fingerprint density at radius 1 is 1.07 bits per heavy atom. The number of carbonyl (C=O) groups excluding carboxylic acids is 5. The number of benzene rings is 2. The molecular weight excluding hydrogens is 533 g/mol. The Bertz CT molecular complexity index is 1390. The second-order valence-electron chi connectivity index (χ2n) is 10.7. The van der Waals surface area contributed by atoms with Gasteiger partial charge in [-0.2, -0.15) is 0 Å². The minimum Gasteiger partial charge on any atom is -0.426 e. The summed E-state index contributed by atoms with van der Waals surface area (Å²) in [5.41, 5.74) is 3.22. The summed E-state index contributed by atoms with van der Waals surface area (Å²) in [6.07, 6.45) is -0.322. The zero-order chi connectivity index (χ0) is 29.9. The van der Waals surface area contributed by atoms with Gasteiger partial charge in [0, 0.05) is 36.1 Å². The number of nitrogens with one attached hydrogen (secondary N) is 2. The summed E-state index contributed by atoms with van der Waals surface area (Å²) < 4.78 is 10.8. The molecule has 3 N–H and O–H groups in total. The number of carbonyl (C=O) groups is 5. The van der Waals surface area contributed by atoms with Crippen LogP contribution < -0.4 is 20.8 Å². The van der Waals surface area contributed by atoms with Gasteiger partial charge >= 0.3 is 25.1 Å². The average Bonchev–Trinajstić information content (AvgIpc) is 3.39. The van der Waals surface area contributed by atoms with E-state index in [2.05, 4.69) is 10.6 Å². The van der Waals surface area contributed by atoms with Gasteiger partial charge in [0.05, 0.1) is 19.4 Å². The van der Waals surface area contributed by atoms with Crippen molar-refractivity contribution in [3.63, 3.8) is 0 Å². The quantitative estimate of drug-likeness (QED) is 0.179. The zero-order valence-corrected chi connectivity index (χ0v) is 23.4. The summed E-state index contributed by atoms with van der Waals surface area (Å²) in [5.74, 6) is -2.23. The van der Waals surface area contributed by atoms with Gasteiger partial charge < -0.3 is 29.9 Å². The van der Waals surface area contributed by atoms with Crippen LogP contribution in [0.5, 0.6) is 5.75 Å². The highest BCUT2D eigenvalue weighted by molar-refractivity contribution is 6.61. The van der Waals surface area contributed by atoms with Crippen LogP contribution in [0.4, 0.5) is 10.5 Å². The fourth-order valence-corrected chi connectivity index (χ4v) is 5.04. The fourth-order valence-electron chi connectivity index (χ4n) is 5.04. The molecule has 2 aliphatic heterocycles. The lowest BCUT2D eigenvalue weighted by Crippen LogP contribution is -2.35. The molecule has 0 aromatic heterocycles. The number of fused-ring (bicyclic) bond motifs is 1. The van der Waals surface area contributed by atoms with Crippen LogP contribution in [0.2, 0.25) is 0 Å². The van der Waals surface area contributed by atoms with Crippen LogP contribution in [-0.2, 0) is 40.7 Å². The molecule has 0 unspecified atom stereocenters. The van der Waals surface area contributed by atoms with Gasteiger partial charge in [-0.25, -0.2) is 9.59 Å². The number of nitrogens with zero attached hydrogens (tertiary/aromatic N) is 1. The van der Waals surface area contributed by atoms with E-state index < -0.39 is 42.3 Å². The maximum absolute atomic E-state index is 12.7. The molecule has 1 saturated heterocycles. The van der Waals surface area contributed by atoms with Crippen molar-refractivity contribution >= 4 is 48.1 Å². The van der Waals surface area contributed by atoms with Crippen LogP contribution >= 0.6 is 0 Å². The van der Waals surface area contributed by atoms with E-state index in [1.165, 1.54) is 0 Å². The summed E-state index contributed by atoms with van der Waals surface area (Å²) in [6, 6.07) is 8.12. The molecule has 2 aromatic rings. The van der Waals surface area contributed by atoms with Crippen LogP contribution in [0.15, 0.2) is 30.3 Å². The van der Waals surface area contributed by atoms with Gasteiger partial charge in [0.1, 0.15) is 5.75 Å². The smallest absolute Gasteiger partial charge is 0.426 e. The van der Waals surface area contributed by atoms with E-state index >= 15 is 0 Å². The molecule has 2 heterocycles. The highest BCUT2D eigenvalue weighted by Crippen LogP contribution is 2.38. The minimum absolute atomic E-state index is 0.00319. The van der Waals surface area contributed by atoms with Crippen molar-refractivity contribution in [2.24, 2.45) is 0 Å². The second-order valence-corrected chi connectivity index (χ2v) is 10.7. The predicted octanol–water partition coefficient (Wildman–Crippen LogP) is 1.91. The molecule has 4 rings (SSSR count). The summed E-state index contributed by atoms with van der Waals surface area (Å²) in [4.78, 5) is 66.4. The van der Waals surface area contributed by atoms with E-state index in [4.69, 9.17) is 14.2 Å². The summed E-state index contributed by atoms with van der Waals surface area (Å²) >= 11 is 0. The second kappa shape index (κ2) is 12.1. The molecule has 4 amide bonds. The van der Waals surface area contributed by atoms with Gasteiger partial charge in [-0.05, 0) is 54.2 Å². The molecule has 2 aliphatic rings. The van der Waals surface area contributed by atoms with Crippen molar-refractivity contribution in [2.45, 2.75) is 65.4 Å². The number of ether oxygens (including phenoxy) is 1. The van der Waals surface area contributed by atoms with Gasteiger partial charge in [-0.15, -0.1) is 5.06 Å². The number of hydroxylamine groups is 2. The van der Waals surface area contributed by atoms with Crippen molar-refractivity contribution in [1.82, 2.24) is 10.4 Å². The van der Waals surface area contributed by atoms with Gasteiger partial charge in [-0.1, -0.05) is 26.0 Å². The summed E-state index contributed by atoms with van der Waals surface area (Å²) in [6.45, 7) is 7.51. The van der Waals surface area contributed by atoms with Crippen LogP contribution in [0.1, 0.15) is 61.8 Å². The third-order valence-corrected chi connectivity index (χ3v) is 6.81. The molecule has 0 aliphatic carbocycles. The number of hydrogen-bond acceptors (Lipinski definition) is 9. The SMILES string of the molecule is Cc1cc(C)c(C(C)(C)CC(=O)ON2C(=O)CCC2=O)c(OC(=O)CCNC(=O)Nc2ccc3c(c2)B(O)OC3)c1. The van der Waals surface area contributed by atoms with E-state index in [9.17, 15) is 29.0 Å². The molecule has 0 saturated carbocycles. The highest BCUT2D eigenvalue weighted by Gasteiger charge is 2.36. The Hall–Kier alpha value is -4.23. The number of anilines is 1. The first-order valence-electron chi connectivity index (χ1n) is 13.2. The van der Waals surface area contributed by atoms with E-state index in [0.717, 1.165) is 16.7 Å². The molecule has 0 radical (unpaired) electrons. The molecular formula is C28H32BN3O9. The largest absolute Gasteiger partial charge is 0.491 e. The third-order valence-electron chi connectivity index (χ3n) is 6.81. The Labute approximate surface area is 237 Å². The number of esters is 1. The fraction of sp³-hybridized carbons (Fsp3) is 0.393. The number of hydrogen-bond donors (Lipinski definition) is 3. The van der Waals surface area contributed by atoms with Crippen LogP contribution in [0.25, 0.3) is 0 Å². The van der Waals surface area contributed by atoms with Crippen LogP contribution in [-0.4, -0.2) is 53.5 Å². The number of aryl methyl sites for hydroxylation is 2. The molecule has 41 heavy (non-hydrogen) atoms. The first kappa shape index (κ1) is 29.8. The molecule has 2 aromatic carbocycles. The summed E-state index contributed by atoms with van der Waals surface area (Å²) in [5, 5.41) is 15.6. The predicted molar refractivity (Wildman–Crippen MR) is 147 cm³/mol. The first-order chi connectivity index (χ1) is 19.3. The topological polar surface area (TPSA) is 161 Å². The van der Waals surface area contributed by atoms with Crippen molar-refractivity contribution < 1.29 is 43.2 Å². The van der Waals surface area contributed by atoms with Crippen LogP contribution in [0, 0.1) is 13.8 Å². The molecule has 12 nitrogen and oxygen atoms in total. The van der Waals surface area contributed by atoms with Crippen molar-refractivity contribution in [3.8, 4) is 5.75 Å². The third kappa shape index (κ3) is 7.11.